The average Bonchev–Trinajstić information content (AvgIpc) is 3.31. The van der Waals surface area contributed by atoms with Gasteiger partial charge in [0.2, 0.25) is 10.0 Å². The number of carbonyl (C=O) groups is 1. The van der Waals surface area contributed by atoms with Crippen LogP contribution in [0, 0.1) is 19.3 Å². The molecule has 0 saturated carbocycles. The minimum absolute atomic E-state index is 0.220. The summed E-state index contributed by atoms with van der Waals surface area (Å²) in [6.45, 7) is 24.6. The van der Waals surface area contributed by atoms with Gasteiger partial charge in [0.1, 0.15) is 11.0 Å². The highest BCUT2D eigenvalue weighted by atomic mass is 32.2. The van der Waals surface area contributed by atoms with E-state index in [0.717, 1.165) is 28.3 Å². The molecule has 0 aliphatic carbocycles. The monoisotopic (exact) mass is 613 g/mol. The van der Waals surface area contributed by atoms with Gasteiger partial charge in [-0.2, -0.15) is 4.31 Å². The van der Waals surface area contributed by atoms with Gasteiger partial charge in [-0.3, -0.25) is 4.79 Å². The molecule has 218 valence electrons. The highest BCUT2D eigenvalue weighted by Gasteiger charge is 2.71. The molecule has 0 N–H and O–H groups in total. The largest absolute Gasteiger partial charge is 0.459 e. The zero-order valence-corrected chi connectivity index (χ0v) is 30.0. The number of sulfonamides is 1. The van der Waals surface area contributed by atoms with Gasteiger partial charge in [0.25, 0.3) is 0 Å². The number of aryl methyl sites for hydroxylation is 2. The molecule has 2 atom stereocenters. The standard InChI is InChI=1S/C31H47NO4SSi3/c1-23-12-16-25(17-13-23)28-31(29(33)36-30(3,4)5)22-40(38(6,7)8,39(9,10)11)21-26(31)20-32(28)37(34,35)27-18-14-24(2)15-19-27/h12-19,21,28H,20,22H2,1-11H3/t28-,31+/m0/s1. The van der Waals surface area contributed by atoms with Crippen LogP contribution in [-0.2, 0) is 19.6 Å². The number of esters is 1. The van der Waals surface area contributed by atoms with Crippen molar-refractivity contribution >= 4 is 38.3 Å². The highest BCUT2D eigenvalue weighted by molar-refractivity contribution is 7.89. The molecule has 0 aromatic heterocycles. The SMILES string of the molecule is Cc1ccc([C@@H]2N(S(=O)(=O)c3ccc(C)cc3)CC3=C[Si]([Si](C)(C)C)([Si](C)(C)C)C[C@@]32C(=O)OC(C)(C)C)cc1. The van der Waals surface area contributed by atoms with Crippen LogP contribution in [-0.4, -0.2) is 53.1 Å². The van der Waals surface area contributed by atoms with Gasteiger partial charge < -0.3 is 4.74 Å². The minimum atomic E-state index is -3.91. The van der Waals surface area contributed by atoms with Crippen LogP contribution in [0.3, 0.4) is 0 Å². The Kier molecular flexibility index (Phi) is 7.71. The molecular weight excluding hydrogens is 567 g/mol. The van der Waals surface area contributed by atoms with E-state index in [4.69, 9.17) is 4.74 Å². The van der Waals surface area contributed by atoms with Crippen molar-refractivity contribution in [3.8, 4) is 0 Å². The van der Waals surface area contributed by atoms with Crippen molar-refractivity contribution in [3.63, 3.8) is 0 Å². The number of benzene rings is 2. The third-order valence-corrected chi connectivity index (χ3v) is 49.7. The molecule has 2 aromatic carbocycles. The summed E-state index contributed by atoms with van der Waals surface area (Å²) in [4.78, 5) is 14.9. The van der Waals surface area contributed by atoms with Crippen LogP contribution < -0.4 is 0 Å². The van der Waals surface area contributed by atoms with E-state index in [1.165, 1.54) is 0 Å². The van der Waals surface area contributed by atoms with Crippen molar-refractivity contribution in [2.24, 2.45) is 5.41 Å². The Labute approximate surface area is 244 Å². The third kappa shape index (κ3) is 5.06. The van der Waals surface area contributed by atoms with Gasteiger partial charge in [0, 0.05) is 21.7 Å². The van der Waals surface area contributed by atoms with Gasteiger partial charge in [0.05, 0.1) is 18.0 Å². The molecule has 4 rings (SSSR count). The van der Waals surface area contributed by atoms with Crippen LogP contribution in [0.5, 0.6) is 0 Å². The van der Waals surface area contributed by atoms with E-state index >= 15 is 0 Å². The van der Waals surface area contributed by atoms with E-state index in [9.17, 15) is 13.2 Å². The minimum Gasteiger partial charge on any atom is -0.459 e. The summed E-state index contributed by atoms with van der Waals surface area (Å²) in [7, 11) is -9.53. The van der Waals surface area contributed by atoms with E-state index in [1.54, 1.807) is 16.4 Å². The number of rotatable bonds is 6. The molecule has 0 unspecified atom stereocenters. The second-order valence-electron chi connectivity index (χ2n) is 15.0. The molecule has 40 heavy (non-hydrogen) atoms. The predicted octanol–water partition coefficient (Wildman–Crippen LogP) is 7.14. The summed E-state index contributed by atoms with van der Waals surface area (Å²) >= 11 is 0. The number of nitrogens with zero attached hydrogens (tertiary/aromatic N) is 1. The van der Waals surface area contributed by atoms with Crippen LogP contribution in [0.2, 0.25) is 45.3 Å². The Balaban J connectivity index is 2.05. The van der Waals surface area contributed by atoms with Crippen molar-refractivity contribution in [2.75, 3.05) is 6.54 Å². The summed E-state index contributed by atoms with van der Waals surface area (Å²) in [5.41, 5.74) is 4.71. The normalized spacial score (nSPS) is 23.6. The highest BCUT2D eigenvalue weighted by Crippen LogP contribution is 2.63. The van der Waals surface area contributed by atoms with Gasteiger partial charge in [-0.25, -0.2) is 8.42 Å². The number of ether oxygens (including phenoxy) is 1. The van der Waals surface area contributed by atoms with E-state index in [1.807, 2.05) is 71.0 Å². The molecule has 2 aliphatic rings. The number of carbonyl (C=O) groups excluding carboxylic acids is 1. The Morgan fingerprint density at radius 2 is 1.38 bits per heavy atom. The van der Waals surface area contributed by atoms with Crippen molar-refractivity contribution in [3.05, 3.63) is 76.5 Å². The maximum atomic E-state index is 14.7. The van der Waals surface area contributed by atoms with Crippen molar-refractivity contribution in [1.29, 1.82) is 0 Å². The second kappa shape index (κ2) is 9.90. The Hall–Kier alpha value is -1.79. The molecule has 0 radical (unpaired) electrons. The lowest BCUT2D eigenvalue weighted by molar-refractivity contribution is -0.165. The van der Waals surface area contributed by atoms with Crippen LogP contribution >= 0.6 is 0 Å². The molecule has 0 bridgehead atoms. The molecule has 1 fully saturated rings. The van der Waals surface area contributed by atoms with Gasteiger partial charge >= 0.3 is 5.97 Å². The Morgan fingerprint density at radius 3 is 1.82 bits per heavy atom. The topological polar surface area (TPSA) is 63.7 Å². The molecule has 2 heterocycles. The van der Waals surface area contributed by atoms with E-state index in [2.05, 4.69) is 45.0 Å². The molecule has 0 amide bonds. The molecule has 2 aromatic rings. The number of hydrogen-bond acceptors (Lipinski definition) is 4. The lowest BCUT2D eigenvalue weighted by Gasteiger charge is -2.49. The quantitative estimate of drug-likeness (QED) is 0.257. The number of hydrogen-bond donors (Lipinski definition) is 0. The molecule has 2 aliphatic heterocycles. The lowest BCUT2D eigenvalue weighted by atomic mass is 9.76. The maximum absolute atomic E-state index is 14.7. The third-order valence-electron chi connectivity index (χ3n) is 9.09. The number of fused-ring (bicyclic) bond motifs is 1. The van der Waals surface area contributed by atoms with Crippen molar-refractivity contribution in [1.82, 2.24) is 4.31 Å². The first-order valence-electron chi connectivity index (χ1n) is 14.3. The van der Waals surface area contributed by atoms with Crippen LogP contribution in [0.25, 0.3) is 0 Å². The first kappa shape index (κ1) is 31.2. The zero-order valence-electron chi connectivity index (χ0n) is 26.2. The first-order valence-corrected chi connectivity index (χ1v) is 27.0. The smallest absolute Gasteiger partial charge is 0.318 e. The van der Waals surface area contributed by atoms with E-state index in [0.29, 0.717) is 0 Å². The fraction of sp³-hybridized carbons (Fsp3) is 0.516. The Morgan fingerprint density at radius 1 is 0.900 bits per heavy atom. The fourth-order valence-corrected chi connectivity index (χ4v) is 50.8. The lowest BCUT2D eigenvalue weighted by Crippen LogP contribution is -2.71. The van der Waals surface area contributed by atoms with Crippen LogP contribution in [0.15, 0.2) is 64.7 Å². The summed E-state index contributed by atoms with van der Waals surface area (Å²) in [6.07, 6.45) is 0. The molecule has 5 nitrogen and oxygen atoms in total. The van der Waals surface area contributed by atoms with Crippen LogP contribution in [0.4, 0.5) is 0 Å². The van der Waals surface area contributed by atoms with E-state index < -0.39 is 49.4 Å². The van der Waals surface area contributed by atoms with Crippen LogP contribution in [0.1, 0.15) is 43.5 Å². The summed E-state index contributed by atoms with van der Waals surface area (Å²) in [5.74, 6) is -0.274. The fourth-order valence-electron chi connectivity index (χ4n) is 7.04. The summed E-state index contributed by atoms with van der Waals surface area (Å²) < 4.78 is 36.7. The summed E-state index contributed by atoms with van der Waals surface area (Å²) in [6, 6.07) is 15.2. The average molecular weight is 614 g/mol. The zero-order chi connectivity index (χ0) is 30.1. The molecule has 0 spiro atoms. The predicted molar refractivity (Wildman–Crippen MR) is 173 cm³/mol. The van der Waals surface area contributed by atoms with Crippen molar-refractivity contribution in [2.45, 2.75) is 96.5 Å². The van der Waals surface area contributed by atoms with Gasteiger partial charge in [-0.1, -0.05) is 92.5 Å². The molecular formula is C31H47NO4SSi3. The van der Waals surface area contributed by atoms with E-state index in [-0.39, 0.29) is 17.4 Å². The first-order chi connectivity index (χ1) is 18.2. The second-order valence-corrected chi connectivity index (χ2v) is 44.3. The molecule has 1 saturated heterocycles. The molecule has 9 heteroatoms. The van der Waals surface area contributed by atoms with Gasteiger partial charge in [-0.15, -0.1) is 0 Å². The Bertz CT molecular complexity index is 1420. The van der Waals surface area contributed by atoms with Crippen molar-refractivity contribution < 1.29 is 17.9 Å². The van der Waals surface area contributed by atoms with Gasteiger partial charge in [0.15, 0.2) is 0 Å². The summed E-state index contributed by atoms with van der Waals surface area (Å²) in [5, 5.41) is 0. The van der Waals surface area contributed by atoms with Gasteiger partial charge in [-0.05, 0) is 63.9 Å². The maximum Gasteiger partial charge on any atom is 0.318 e.